The summed E-state index contributed by atoms with van der Waals surface area (Å²) in [6.07, 6.45) is 5.72. The lowest BCUT2D eigenvalue weighted by molar-refractivity contribution is -0.0510. The van der Waals surface area contributed by atoms with Crippen molar-refractivity contribution in [1.29, 1.82) is 0 Å². The molecular weight excluding hydrogens is 178 g/mol. The summed E-state index contributed by atoms with van der Waals surface area (Å²) in [6, 6.07) is 0. The molecule has 0 radical (unpaired) electrons. The molecule has 0 amide bonds. The number of nitrogens with two attached hydrogens (primary N) is 1. The lowest BCUT2D eigenvalue weighted by Gasteiger charge is -2.36. The SMILES string of the molecule is C[C@@](O)(C[C@H](O)CN)C1CCCCC1. The van der Waals surface area contributed by atoms with Crippen molar-refractivity contribution in [3.63, 3.8) is 0 Å². The molecule has 0 aliphatic heterocycles. The van der Waals surface area contributed by atoms with Crippen LogP contribution in [-0.2, 0) is 0 Å². The van der Waals surface area contributed by atoms with E-state index in [2.05, 4.69) is 0 Å². The highest BCUT2D eigenvalue weighted by Crippen LogP contribution is 2.34. The maximum Gasteiger partial charge on any atom is 0.0689 e. The first-order valence-electron chi connectivity index (χ1n) is 5.67. The zero-order valence-electron chi connectivity index (χ0n) is 9.08. The minimum atomic E-state index is -0.737. The van der Waals surface area contributed by atoms with E-state index in [1.165, 1.54) is 19.3 Å². The van der Waals surface area contributed by atoms with Crippen molar-refractivity contribution < 1.29 is 10.2 Å². The van der Waals surface area contributed by atoms with Gasteiger partial charge in [-0.1, -0.05) is 19.3 Å². The number of rotatable bonds is 4. The van der Waals surface area contributed by atoms with Crippen LogP contribution in [0.1, 0.15) is 45.4 Å². The minimum absolute atomic E-state index is 0.239. The van der Waals surface area contributed by atoms with Crippen molar-refractivity contribution in [2.24, 2.45) is 11.7 Å². The zero-order chi connectivity index (χ0) is 10.6. The summed E-state index contributed by atoms with van der Waals surface area (Å²) in [4.78, 5) is 0. The molecule has 1 aliphatic rings. The zero-order valence-corrected chi connectivity index (χ0v) is 9.08. The van der Waals surface area contributed by atoms with Crippen LogP contribution in [0.25, 0.3) is 0 Å². The molecule has 2 atom stereocenters. The van der Waals surface area contributed by atoms with E-state index in [1.54, 1.807) is 0 Å². The topological polar surface area (TPSA) is 66.5 Å². The number of hydrogen-bond acceptors (Lipinski definition) is 3. The second kappa shape index (κ2) is 5.10. The summed E-state index contributed by atoms with van der Waals surface area (Å²) >= 11 is 0. The molecule has 0 heterocycles. The normalized spacial score (nSPS) is 25.7. The van der Waals surface area contributed by atoms with Crippen LogP contribution < -0.4 is 5.73 Å². The van der Waals surface area contributed by atoms with Gasteiger partial charge >= 0.3 is 0 Å². The molecule has 1 fully saturated rings. The van der Waals surface area contributed by atoms with Gasteiger partial charge in [0.1, 0.15) is 0 Å². The van der Waals surface area contributed by atoms with Crippen molar-refractivity contribution in [3.05, 3.63) is 0 Å². The van der Waals surface area contributed by atoms with Gasteiger partial charge in [0.15, 0.2) is 0 Å². The molecule has 1 rings (SSSR count). The fourth-order valence-electron chi connectivity index (χ4n) is 2.45. The Morgan fingerprint density at radius 2 is 1.93 bits per heavy atom. The first-order chi connectivity index (χ1) is 6.56. The van der Waals surface area contributed by atoms with Crippen LogP contribution in [0.2, 0.25) is 0 Å². The molecule has 84 valence electrons. The highest BCUT2D eigenvalue weighted by molar-refractivity contribution is 4.86. The van der Waals surface area contributed by atoms with Crippen molar-refractivity contribution in [2.45, 2.75) is 57.2 Å². The average molecular weight is 201 g/mol. The number of aliphatic hydroxyl groups excluding tert-OH is 1. The number of hydrogen-bond donors (Lipinski definition) is 3. The van der Waals surface area contributed by atoms with E-state index in [-0.39, 0.29) is 6.54 Å². The molecule has 0 saturated heterocycles. The Labute approximate surface area is 86.3 Å². The highest BCUT2D eigenvalue weighted by Gasteiger charge is 2.34. The number of aliphatic hydroxyl groups is 2. The minimum Gasteiger partial charge on any atom is -0.392 e. The van der Waals surface area contributed by atoms with Crippen molar-refractivity contribution in [3.8, 4) is 0 Å². The second-order valence-corrected chi connectivity index (χ2v) is 4.79. The third-order valence-electron chi connectivity index (χ3n) is 3.41. The molecule has 1 aliphatic carbocycles. The summed E-state index contributed by atoms with van der Waals surface area (Å²) in [5.41, 5.74) is 4.61. The lowest BCUT2D eigenvalue weighted by atomic mass is 9.75. The van der Waals surface area contributed by atoms with E-state index in [9.17, 15) is 10.2 Å². The molecule has 0 spiro atoms. The molecule has 0 aromatic carbocycles. The van der Waals surface area contributed by atoms with Gasteiger partial charge in [-0.15, -0.1) is 0 Å². The Kier molecular flexibility index (Phi) is 4.35. The Morgan fingerprint density at radius 3 is 2.43 bits per heavy atom. The molecule has 14 heavy (non-hydrogen) atoms. The molecule has 4 N–H and O–H groups in total. The van der Waals surface area contributed by atoms with E-state index >= 15 is 0 Å². The van der Waals surface area contributed by atoms with Crippen molar-refractivity contribution in [2.75, 3.05) is 6.54 Å². The van der Waals surface area contributed by atoms with Gasteiger partial charge < -0.3 is 15.9 Å². The van der Waals surface area contributed by atoms with Crippen LogP contribution in [0.3, 0.4) is 0 Å². The average Bonchev–Trinajstić information content (AvgIpc) is 2.18. The Bertz CT molecular complexity index is 165. The van der Waals surface area contributed by atoms with Gasteiger partial charge in [-0.05, 0) is 25.7 Å². The fraction of sp³-hybridized carbons (Fsp3) is 1.00. The van der Waals surface area contributed by atoms with E-state index in [0.29, 0.717) is 12.3 Å². The standard InChI is InChI=1S/C11H23NO2/c1-11(14,7-10(13)8-12)9-5-3-2-4-6-9/h9-10,13-14H,2-8,12H2,1H3/t10-,11+/m0/s1. The van der Waals surface area contributed by atoms with Crippen molar-refractivity contribution >= 4 is 0 Å². The van der Waals surface area contributed by atoms with Gasteiger partial charge in [-0.2, -0.15) is 0 Å². The summed E-state index contributed by atoms with van der Waals surface area (Å²) in [5, 5.41) is 19.7. The molecular formula is C11H23NO2. The predicted molar refractivity (Wildman–Crippen MR) is 56.9 cm³/mol. The molecule has 1 saturated carbocycles. The van der Waals surface area contributed by atoms with E-state index in [1.807, 2.05) is 6.92 Å². The summed E-state index contributed by atoms with van der Waals surface area (Å²) in [6.45, 7) is 2.07. The van der Waals surface area contributed by atoms with Gasteiger partial charge in [0, 0.05) is 13.0 Å². The van der Waals surface area contributed by atoms with Gasteiger partial charge in [0.05, 0.1) is 11.7 Å². The first-order valence-corrected chi connectivity index (χ1v) is 5.67. The fourth-order valence-corrected chi connectivity index (χ4v) is 2.45. The quantitative estimate of drug-likeness (QED) is 0.636. The maximum atomic E-state index is 10.2. The molecule has 0 aromatic rings. The Balaban J connectivity index is 2.45. The van der Waals surface area contributed by atoms with E-state index in [4.69, 9.17) is 5.73 Å². The predicted octanol–water partition coefficient (Wildman–Crippen LogP) is 1.03. The molecule has 3 nitrogen and oxygen atoms in total. The monoisotopic (exact) mass is 201 g/mol. The Morgan fingerprint density at radius 1 is 1.36 bits per heavy atom. The highest BCUT2D eigenvalue weighted by atomic mass is 16.3. The molecule has 0 unspecified atom stereocenters. The van der Waals surface area contributed by atoms with Crippen LogP contribution in [0.5, 0.6) is 0 Å². The summed E-state index contributed by atoms with van der Waals surface area (Å²) in [7, 11) is 0. The van der Waals surface area contributed by atoms with E-state index in [0.717, 1.165) is 12.8 Å². The maximum absolute atomic E-state index is 10.2. The van der Waals surface area contributed by atoms with Gasteiger partial charge in [-0.25, -0.2) is 0 Å². The third-order valence-corrected chi connectivity index (χ3v) is 3.41. The van der Waals surface area contributed by atoms with Crippen LogP contribution in [0.4, 0.5) is 0 Å². The van der Waals surface area contributed by atoms with Gasteiger partial charge in [-0.3, -0.25) is 0 Å². The van der Waals surface area contributed by atoms with Crippen molar-refractivity contribution in [1.82, 2.24) is 0 Å². The molecule has 0 aromatic heterocycles. The largest absolute Gasteiger partial charge is 0.392 e. The van der Waals surface area contributed by atoms with Gasteiger partial charge in [0.25, 0.3) is 0 Å². The third kappa shape index (κ3) is 3.23. The molecule has 3 heteroatoms. The smallest absolute Gasteiger partial charge is 0.0689 e. The van der Waals surface area contributed by atoms with Crippen LogP contribution >= 0.6 is 0 Å². The second-order valence-electron chi connectivity index (χ2n) is 4.79. The van der Waals surface area contributed by atoms with Crippen LogP contribution in [0.15, 0.2) is 0 Å². The summed E-state index contributed by atoms with van der Waals surface area (Å²) in [5.74, 6) is 0.345. The lowest BCUT2D eigenvalue weighted by Crippen LogP contribution is -2.41. The van der Waals surface area contributed by atoms with Crippen LogP contribution in [-0.4, -0.2) is 28.5 Å². The molecule has 0 bridgehead atoms. The van der Waals surface area contributed by atoms with Crippen LogP contribution in [0, 0.1) is 5.92 Å². The van der Waals surface area contributed by atoms with Gasteiger partial charge in [0.2, 0.25) is 0 Å². The summed E-state index contributed by atoms with van der Waals surface area (Å²) < 4.78 is 0. The Hall–Kier alpha value is -0.120. The first kappa shape index (κ1) is 12.0. The van der Waals surface area contributed by atoms with E-state index < -0.39 is 11.7 Å².